The molecule has 0 aliphatic rings. The zero-order valence-corrected chi connectivity index (χ0v) is 8.89. The number of rotatable bonds is 4. The molecule has 0 aliphatic carbocycles. The molecule has 0 N–H and O–H groups in total. The Hall–Kier alpha value is -1.38. The predicted molar refractivity (Wildman–Crippen MR) is 55.9 cm³/mol. The summed E-state index contributed by atoms with van der Waals surface area (Å²) in [5.74, 6) is -1.15. The van der Waals surface area contributed by atoms with Gasteiger partial charge in [-0.25, -0.2) is 8.78 Å². The topological polar surface area (TPSA) is 9.23 Å². The lowest BCUT2D eigenvalue weighted by molar-refractivity contribution is 0.421. The van der Waals surface area contributed by atoms with E-state index in [-0.39, 0.29) is 17.2 Å². The molecule has 0 heterocycles. The van der Waals surface area contributed by atoms with Crippen molar-refractivity contribution < 1.29 is 13.5 Å². The summed E-state index contributed by atoms with van der Waals surface area (Å²) in [5.41, 5.74) is 0.275. The Kier molecular flexibility index (Phi) is 3.83. The van der Waals surface area contributed by atoms with Crippen LogP contribution in [0.2, 0.25) is 0 Å². The monoisotopic (exact) mass is 212 g/mol. The zero-order valence-electron chi connectivity index (χ0n) is 8.89. The van der Waals surface area contributed by atoms with Crippen LogP contribution in [0, 0.1) is 11.6 Å². The third-order valence-corrected chi connectivity index (χ3v) is 2.40. The van der Waals surface area contributed by atoms with Gasteiger partial charge in [0.15, 0.2) is 11.6 Å². The van der Waals surface area contributed by atoms with Gasteiger partial charge in [-0.3, -0.25) is 0 Å². The van der Waals surface area contributed by atoms with Crippen LogP contribution in [0.4, 0.5) is 8.78 Å². The second kappa shape index (κ2) is 4.91. The van der Waals surface area contributed by atoms with E-state index in [1.54, 1.807) is 0 Å². The van der Waals surface area contributed by atoms with Crippen molar-refractivity contribution in [3.63, 3.8) is 0 Å². The summed E-state index contributed by atoms with van der Waals surface area (Å²) in [6.07, 6.45) is 1.82. The Bertz CT molecular complexity index is 361. The molecular formula is C12H14F2O. The van der Waals surface area contributed by atoms with Gasteiger partial charge in [-0.1, -0.05) is 20.4 Å². The summed E-state index contributed by atoms with van der Waals surface area (Å²) >= 11 is 0. The molecule has 1 aromatic rings. The normalized spacial score (nSPS) is 12.3. The van der Waals surface area contributed by atoms with Crippen LogP contribution in [0.25, 0.3) is 0 Å². The predicted octanol–water partition coefficient (Wildman–Crippen LogP) is 4.00. The fourth-order valence-corrected chi connectivity index (χ4v) is 1.42. The van der Waals surface area contributed by atoms with E-state index in [2.05, 4.69) is 6.58 Å². The van der Waals surface area contributed by atoms with Crippen LogP contribution in [-0.4, -0.2) is 0 Å². The molecule has 0 spiro atoms. The first-order valence-electron chi connectivity index (χ1n) is 4.87. The van der Waals surface area contributed by atoms with Crippen molar-refractivity contribution in [2.24, 2.45) is 0 Å². The van der Waals surface area contributed by atoms with Crippen LogP contribution >= 0.6 is 0 Å². The molecule has 1 rings (SSSR count). The van der Waals surface area contributed by atoms with Crippen LogP contribution in [0.1, 0.15) is 31.7 Å². The molecule has 0 aromatic heterocycles. The molecule has 1 atom stereocenters. The summed E-state index contributed by atoms with van der Waals surface area (Å²) in [5, 5.41) is 0. The van der Waals surface area contributed by atoms with E-state index in [1.165, 1.54) is 0 Å². The first-order chi connectivity index (χ1) is 7.11. The van der Waals surface area contributed by atoms with Crippen LogP contribution in [0.3, 0.4) is 0 Å². The van der Waals surface area contributed by atoms with Gasteiger partial charge >= 0.3 is 0 Å². The molecular weight excluding hydrogens is 198 g/mol. The molecule has 1 unspecified atom stereocenters. The second-order valence-corrected chi connectivity index (χ2v) is 3.37. The fourth-order valence-electron chi connectivity index (χ4n) is 1.42. The number of hydrogen-bond donors (Lipinski definition) is 0. The van der Waals surface area contributed by atoms with Crippen molar-refractivity contribution in [1.82, 2.24) is 0 Å². The van der Waals surface area contributed by atoms with Crippen molar-refractivity contribution in [1.29, 1.82) is 0 Å². The molecule has 0 bridgehead atoms. The summed E-state index contributed by atoms with van der Waals surface area (Å²) < 4.78 is 31.8. The fraction of sp³-hybridized carbons (Fsp3) is 0.333. The van der Waals surface area contributed by atoms with E-state index in [4.69, 9.17) is 4.74 Å². The van der Waals surface area contributed by atoms with Gasteiger partial charge in [0, 0.05) is 5.56 Å². The van der Waals surface area contributed by atoms with Crippen molar-refractivity contribution in [3.05, 3.63) is 42.2 Å². The lowest BCUT2D eigenvalue weighted by atomic mass is 9.97. The number of halogens is 2. The number of ether oxygens (including phenoxy) is 1. The van der Waals surface area contributed by atoms with Gasteiger partial charge in [0.05, 0.1) is 6.26 Å². The van der Waals surface area contributed by atoms with Crippen LogP contribution in [0.15, 0.2) is 25.0 Å². The van der Waals surface area contributed by atoms with Gasteiger partial charge in [-0.15, -0.1) is 0 Å². The average Bonchev–Trinajstić information content (AvgIpc) is 2.23. The Morgan fingerprint density at radius 1 is 1.40 bits per heavy atom. The molecule has 1 nitrogen and oxygen atoms in total. The van der Waals surface area contributed by atoms with Gasteiger partial charge in [-0.2, -0.15) is 0 Å². The van der Waals surface area contributed by atoms with Crippen molar-refractivity contribution in [2.45, 2.75) is 26.2 Å². The summed E-state index contributed by atoms with van der Waals surface area (Å²) in [4.78, 5) is 0. The summed E-state index contributed by atoms with van der Waals surface area (Å²) in [6, 6.07) is 2.17. The van der Waals surface area contributed by atoms with Gasteiger partial charge in [0.1, 0.15) is 5.82 Å². The van der Waals surface area contributed by atoms with E-state index >= 15 is 0 Å². The first kappa shape index (κ1) is 11.7. The zero-order chi connectivity index (χ0) is 11.4. The molecule has 0 aliphatic heterocycles. The SMILES string of the molecule is C=COc1c(F)ccc(F)c1C(C)CC. The van der Waals surface area contributed by atoms with Gasteiger partial charge in [0.2, 0.25) is 0 Å². The molecule has 3 heteroatoms. The van der Waals surface area contributed by atoms with E-state index in [9.17, 15) is 8.78 Å². The first-order valence-corrected chi connectivity index (χ1v) is 4.87. The molecule has 0 saturated heterocycles. The Morgan fingerprint density at radius 3 is 2.53 bits per heavy atom. The Balaban J connectivity index is 3.30. The minimum absolute atomic E-state index is 0.0562. The third kappa shape index (κ3) is 2.35. The standard InChI is InChI=1S/C12H14F2O/c1-4-8(3)11-9(13)6-7-10(14)12(11)15-5-2/h5-8H,2,4H2,1,3H3. The minimum Gasteiger partial charge on any atom is -0.462 e. The van der Waals surface area contributed by atoms with E-state index in [0.29, 0.717) is 6.42 Å². The smallest absolute Gasteiger partial charge is 0.168 e. The molecule has 0 amide bonds. The largest absolute Gasteiger partial charge is 0.462 e. The highest BCUT2D eigenvalue weighted by atomic mass is 19.1. The van der Waals surface area contributed by atoms with Crippen LogP contribution < -0.4 is 4.74 Å². The maximum absolute atomic E-state index is 13.5. The summed E-state index contributed by atoms with van der Waals surface area (Å²) in [6.45, 7) is 7.08. The van der Waals surface area contributed by atoms with Crippen molar-refractivity contribution in [2.75, 3.05) is 0 Å². The van der Waals surface area contributed by atoms with Crippen LogP contribution in [-0.2, 0) is 0 Å². The molecule has 0 radical (unpaired) electrons. The van der Waals surface area contributed by atoms with Crippen molar-refractivity contribution in [3.8, 4) is 5.75 Å². The van der Waals surface area contributed by atoms with Crippen molar-refractivity contribution >= 4 is 0 Å². The van der Waals surface area contributed by atoms with Gasteiger partial charge < -0.3 is 4.74 Å². The van der Waals surface area contributed by atoms with E-state index < -0.39 is 11.6 Å². The highest BCUT2D eigenvalue weighted by Crippen LogP contribution is 2.33. The Labute approximate surface area is 88.4 Å². The van der Waals surface area contributed by atoms with E-state index in [1.807, 2.05) is 13.8 Å². The maximum Gasteiger partial charge on any atom is 0.168 e. The average molecular weight is 212 g/mol. The lowest BCUT2D eigenvalue weighted by Crippen LogP contribution is -2.02. The van der Waals surface area contributed by atoms with E-state index in [0.717, 1.165) is 18.4 Å². The van der Waals surface area contributed by atoms with Gasteiger partial charge in [-0.05, 0) is 24.5 Å². The molecule has 82 valence electrons. The summed E-state index contributed by atoms with van der Waals surface area (Å²) in [7, 11) is 0. The molecule has 0 saturated carbocycles. The maximum atomic E-state index is 13.5. The Morgan fingerprint density at radius 2 is 2.00 bits per heavy atom. The minimum atomic E-state index is -0.563. The number of hydrogen-bond acceptors (Lipinski definition) is 1. The molecule has 1 aromatic carbocycles. The second-order valence-electron chi connectivity index (χ2n) is 3.37. The number of benzene rings is 1. The highest BCUT2D eigenvalue weighted by molar-refractivity contribution is 5.39. The third-order valence-electron chi connectivity index (χ3n) is 2.40. The lowest BCUT2D eigenvalue weighted by Gasteiger charge is -2.15. The van der Waals surface area contributed by atoms with Crippen LogP contribution in [0.5, 0.6) is 5.75 Å². The molecule has 15 heavy (non-hydrogen) atoms. The molecule has 0 fully saturated rings. The quantitative estimate of drug-likeness (QED) is 0.685. The van der Waals surface area contributed by atoms with Gasteiger partial charge in [0.25, 0.3) is 0 Å². The highest BCUT2D eigenvalue weighted by Gasteiger charge is 2.19.